The molecule has 3 heteroatoms. The zero-order valence-corrected chi connectivity index (χ0v) is 11.5. The molecule has 1 N–H and O–H groups in total. The van der Waals surface area contributed by atoms with Gasteiger partial charge in [0.15, 0.2) is 0 Å². The van der Waals surface area contributed by atoms with E-state index >= 15 is 0 Å². The molecule has 0 aliphatic carbocycles. The molecule has 0 saturated heterocycles. The third kappa shape index (κ3) is 3.19. The molecule has 0 saturated carbocycles. The second-order valence-corrected chi connectivity index (χ2v) is 4.88. The summed E-state index contributed by atoms with van der Waals surface area (Å²) in [5, 5.41) is 2.97. The lowest BCUT2D eigenvalue weighted by atomic mass is 10.0. The van der Waals surface area contributed by atoms with E-state index in [-0.39, 0.29) is 5.91 Å². The molecule has 2 rings (SSSR count). The third-order valence-electron chi connectivity index (χ3n) is 2.99. The van der Waals surface area contributed by atoms with Crippen LogP contribution in [0.15, 0.2) is 42.6 Å². The number of benzene rings is 1. The number of amides is 1. The van der Waals surface area contributed by atoms with Crippen LogP contribution in [0.3, 0.4) is 0 Å². The quantitative estimate of drug-likeness (QED) is 0.906. The second-order valence-electron chi connectivity index (χ2n) is 4.88. The summed E-state index contributed by atoms with van der Waals surface area (Å²) in [5.74, 6) is 0.272. The van der Waals surface area contributed by atoms with Crippen molar-refractivity contribution in [2.45, 2.75) is 26.7 Å². The number of hydrogen-bond acceptors (Lipinski definition) is 2. The van der Waals surface area contributed by atoms with Crippen molar-refractivity contribution >= 4 is 11.6 Å². The van der Waals surface area contributed by atoms with Gasteiger partial charge < -0.3 is 5.32 Å². The van der Waals surface area contributed by atoms with Gasteiger partial charge in [0.2, 0.25) is 0 Å². The molecule has 98 valence electrons. The Hall–Kier alpha value is -2.16. The highest BCUT2D eigenvalue weighted by Crippen LogP contribution is 2.24. The molecule has 1 aromatic heterocycles. The first-order chi connectivity index (χ1) is 9.08. The molecule has 1 heterocycles. The predicted octanol–water partition coefficient (Wildman–Crippen LogP) is 3.77. The molecule has 0 radical (unpaired) electrons. The Morgan fingerprint density at radius 3 is 2.63 bits per heavy atom. The molecular weight excluding hydrogens is 236 g/mol. The lowest BCUT2D eigenvalue weighted by Crippen LogP contribution is -2.14. The van der Waals surface area contributed by atoms with Gasteiger partial charge >= 0.3 is 0 Å². The number of carbonyl (C=O) groups excluding carboxylic acids is 1. The van der Waals surface area contributed by atoms with E-state index in [1.807, 2.05) is 31.2 Å². The van der Waals surface area contributed by atoms with E-state index in [1.54, 1.807) is 18.3 Å². The summed E-state index contributed by atoms with van der Waals surface area (Å²) >= 11 is 0. The van der Waals surface area contributed by atoms with Crippen LogP contribution in [0.5, 0.6) is 0 Å². The minimum atomic E-state index is -0.0985. The molecule has 2 aromatic rings. The largest absolute Gasteiger partial charge is 0.322 e. The molecule has 0 aliphatic heterocycles. The number of anilines is 1. The molecule has 1 aromatic carbocycles. The number of carbonyl (C=O) groups is 1. The second kappa shape index (κ2) is 5.65. The Labute approximate surface area is 113 Å². The van der Waals surface area contributed by atoms with Crippen LogP contribution in [0, 0.1) is 6.92 Å². The molecule has 1 amide bonds. The van der Waals surface area contributed by atoms with Crippen LogP contribution < -0.4 is 5.32 Å². The van der Waals surface area contributed by atoms with Crippen molar-refractivity contribution < 1.29 is 4.79 Å². The van der Waals surface area contributed by atoms with Crippen molar-refractivity contribution in [1.82, 2.24) is 4.98 Å². The summed E-state index contributed by atoms with van der Waals surface area (Å²) in [6, 6.07) is 11.4. The molecule has 0 fully saturated rings. The van der Waals surface area contributed by atoms with Crippen molar-refractivity contribution in [2.75, 3.05) is 5.32 Å². The van der Waals surface area contributed by atoms with Crippen LogP contribution in [-0.2, 0) is 0 Å². The SMILES string of the molecule is Cc1cc(C(=O)Nc2ccccc2C(C)C)ccn1. The van der Waals surface area contributed by atoms with E-state index in [0.717, 1.165) is 16.9 Å². The Kier molecular flexibility index (Phi) is 3.95. The maximum absolute atomic E-state index is 12.2. The number of hydrogen-bond donors (Lipinski definition) is 1. The minimum absolute atomic E-state index is 0.0985. The van der Waals surface area contributed by atoms with E-state index in [0.29, 0.717) is 11.5 Å². The highest BCUT2D eigenvalue weighted by Gasteiger charge is 2.10. The number of nitrogens with zero attached hydrogens (tertiary/aromatic N) is 1. The predicted molar refractivity (Wildman–Crippen MR) is 77.5 cm³/mol. The van der Waals surface area contributed by atoms with Gasteiger partial charge in [-0.05, 0) is 36.6 Å². The standard InChI is InChI=1S/C16H18N2O/c1-11(2)14-6-4-5-7-15(14)18-16(19)13-8-9-17-12(3)10-13/h4-11H,1-3H3,(H,18,19). The van der Waals surface area contributed by atoms with Gasteiger partial charge in [0.1, 0.15) is 0 Å². The first kappa shape index (κ1) is 13.3. The fourth-order valence-corrected chi connectivity index (χ4v) is 2.00. The van der Waals surface area contributed by atoms with Gasteiger partial charge in [0, 0.05) is 23.1 Å². The van der Waals surface area contributed by atoms with Crippen LogP contribution in [0.4, 0.5) is 5.69 Å². The fourth-order valence-electron chi connectivity index (χ4n) is 2.00. The van der Waals surface area contributed by atoms with Crippen LogP contribution in [0.25, 0.3) is 0 Å². The topological polar surface area (TPSA) is 42.0 Å². The summed E-state index contributed by atoms with van der Waals surface area (Å²) in [7, 11) is 0. The Bertz CT molecular complexity index is 591. The first-order valence-electron chi connectivity index (χ1n) is 6.41. The third-order valence-corrected chi connectivity index (χ3v) is 2.99. The number of pyridine rings is 1. The zero-order valence-electron chi connectivity index (χ0n) is 11.5. The van der Waals surface area contributed by atoms with Gasteiger partial charge in [-0.25, -0.2) is 0 Å². The van der Waals surface area contributed by atoms with Crippen molar-refractivity contribution in [3.63, 3.8) is 0 Å². The van der Waals surface area contributed by atoms with Gasteiger partial charge in [-0.1, -0.05) is 32.0 Å². The molecule has 19 heavy (non-hydrogen) atoms. The van der Waals surface area contributed by atoms with Crippen molar-refractivity contribution in [3.05, 3.63) is 59.4 Å². The van der Waals surface area contributed by atoms with Gasteiger partial charge in [-0.3, -0.25) is 9.78 Å². The first-order valence-corrected chi connectivity index (χ1v) is 6.41. The average molecular weight is 254 g/mol. The number of aromatic nitrogens is 1. The number of aryl methyl sites for hydroxylation is 1. The lowest BCUT2D eigenvalue weighted by molar-refractivity contribution is 0.102. The Morgan fingerprint density at radius 2 is 1.95 bits per heavy atom. The van der Waals surface area contributed by atoms with Crippen LogP contribution >= 0.6 is 0 Å². The summed E-state index contributed by atoms with van der Waals surface area (Å²) in [6.07, 6.45) is 1.65. The van der Waals surface area contributed by atoms with Crippen LogP contribution in [0.2, 0.25) is 0 Å². The highest BCUT2D eigenvalue weighted by molar-refractivity contribution is 6.04. The Balaban J connectivity index is 2.24. The van der Waals surface area contributed by atoms with E-state index in [2.05, 4.69) is 24.1 Å². The lowest BCUT2D eigenvalue weighted by Gasteiger charge is -2.13. The van der Waals surface area contributed by atoms with Gasteiger partial charge in [-0.15, -0.1) is 0 Å². The maximum Gasteiger partial charge on any atom is 0.255 e. The molecule has 0 spiro atoms. The summed E-state index contributed by atoms with van der Waals surface area (Å²) in [6.45, 7) is 6.10. The minimum Gasteiger partial charge on any atom is -0.322 e. The fraction of sp³-hybridized carbons (Fsp3) is 0.250. The normalized spacial score (nSPS) is 10.5. The van der Waals surface area contributed by atoms with Crippen molar-refractivity contribution in [1.29, 1.82) is 0 Å². The van der Waals surface area contributed by atoms with E-state index in [1.165, 1.54) is 0 Å². The zero-order chi connectivity index (χ0) is 13.8. The van der Waals surface area contributed by atoms with Gasteiger partial charge in [-0.2, -0.15) is 0 Å². The molecular formula is C16H18N2O. The maximum atomic E-state index is 12.2. The van der Waals surface area contributed by atoms with Gasteiger partial charge in [0.25, 0.3) is 5.91 Å². The number of rotatable bonds is 3. The molecule has 0 atom stereocenters. The summed E-state index contributed by atoms with van der Waals surface area (Å²) in [5.41, 5.74) is 3.48. The molecule has 0 bridgehead atoms. The number of nitrogens with one attached hydrogen (secondary N) is 1. The summed E-state index contributed by atoms with van der Waals surface area (Å²) in [4.78, 5) is 16.3. The number of para-hydroxylation sites is 1. The van der Waals surface area contributed by atoms with Gasteiger partial charge in [0.05, 0.1) is 0 Å². The van der Waals surface area contributed by atoms with E-state index < -0.39 is 0 Å². The van der Waals surface area contributed by atoms with E-state index in [9.17, 15) is 4.79 Å². The van der Waals surface area contributed by atoms with E-state index in [4.69, 9.17) is 0 Å². The van der Waals surface area contributed by atoms with Crippen LogP contribution in [-0.4, -0.2) is 10.9 Å². The monoisotopic (exact) mass is 254 g/mol. The Morgan fingerprint density at radius 1 is 1.21 bits per heavy atom. The molecule has 3 nitrogen and oxygen atoms in total. The highest BCUT2D eigenvalue weighted by atomic mass is 16.1. The molecule has 0 aliphatic rings. The smallest absolute Gasteiger partial charge is 0.255 e. The molecule has 0 unspecified atom stereocenters. The average Bonchev–Trinajstić information content (AvgIpc) is 2.39. The van der Waals surface area contributed by atoms with Crippen LogP contribution in [0.1, 0.15) is 41.4 Å². The van der Waals surface area contributed by atoms with Crippen molar-refractivity contribution in [3.8, 4) is 0 Å². The van der Waals surface area contributed by atoms with Crippen molar-refractivity contribution in [2.24, 2.45) is 0 Å². The summed E-state index contributed by atoms with van der Waals surface area (Å²) < 4.78 is 0.